The largest absolute Gasteiger partial charge is 0.309 e. The molecule has 0 spiro atoms. The van der Waals surface area contributed by atoms with Crippen LogP contribution in [0, 0.1) is 10.1 Å². The topological polar surface area (TPSA) is 147 Å². The van der Waals surface area contributed by atoms with Crippen LogP contribution in [-0.2, 0) is 23.4 Å². The first-order valence-electron chi connectivity index (χ1n) is 9.87. The molecule has 0 fully saturated rings. The molecule has 1 aliphatic carbocycles. The highest BCUT2D eigenvalue weighted by Gasteiger charge is 2.21. The number of hydrogen-bond acceptors (Lipinski definition) is 8. The number of nitro groups is 1. The van der Waals surface area contributed by atoms with Gasteiger partial charge < -0.3 is 4.98 Å². The number of nitro benzene ring substituents is 1. The highest BCUT2D eigenvalue weighted by molar-refractivity contribution is 7.98. The number of thiophene rings is 1. The Balaban J connectivity index is 1.23. The SMILES string of the molecule is O=C(CCSCc1nc2sc3c(c2c(=O)[nH]1)CCC3)NNC(=O)c1cccc([N+](=O)[O-])c1. The van der Waals surface area contributed by atoms with Crippen LogP contribution in [-0.4, -0.2) is 32.5 Å². The van der Waals surface area contributed by atoms with Crippen LogP contribution in [0.3, 0.4) is 0 Å². The molecule has 0 saturated heterocycles. The van der Waals surface area contributed by atoms with Crippen LogP contribution in [0.4, 0.5) is 5.69 Å². The summed E-state index contributed by atoms with van der Waals surface area (Å²) in [4.78, 5) is 56.1. The van der Waals surface area contributed by atoms with E-state index < -0.39 is 16.7 Å². The number of carbonyl (C=O) groups is 2. The van der Waals surface area contributed by atoms with Crippen LogP contribution >= 0.6 is 23.1 Å². The number of nitrogens with one attached hydrogen (secondary N) is 3. The molecule has 4 rings (SSSR count). The van der Waals surface area contributed by atoms with E-state index in [9.17, 15) is 24.5 Å². The Kier molecular flexibility index (Phi) is 6.51. The summed E-state index contributed by atoms with van der Waals surface area (Å²) in [5.74, 6) is 0.449. The maximum Gasteiger partial charge on any atom is 0.270 e. The molecule has 0 aliphatic heterocycles. The van der Waals surface area contributed by atoms with Crippen molar-refractivity contribution in [2.24, 2.45) is 0 Å². The maximum atomic E-state index is 12.4. The van der Waals surface area contributed by atoms with Gasteiger partial charge in [0.2, 0.25) is 5.91 Å². The van der Waals surface area contributed by atoms with Crippen molar-refractivity contribution >= 4 is 50.8 Å². The van der Waals surface area contributed by atoms with Crippen molar-refractivity contribution in [1.82, 2.24) is 20.8 Å². The summed E-state index contributed by atoms with van der Waals surface area (Å²) in [5.41, 5.74) is 5.42. The maximum absolute atomic E-state index is 12.4. The Morgan fingerprint density at radius 1 is 1.28 bits per heavy atom. The third kappa shape index (κ3) is 4.81. The molecular formula is C20H19N5O5S2. The minimum Gasteiger partial charge on any atom is -0.309 e. The van der Waals surface area contributed by atoms with Gasteiger partial charge in [-0.3, -0.25) is 35.3 Å². The summed E-state index contributed by atoms with van der Waals surface area (Å²) in [6.45, 7) is 0. The molecule has 0 bridgehead atoms. The van der Waals surface area contributed by atoms with E-state index >= 15 is 0 Å². The molecule has 0 atom stereocenters. The van der Waals surface area contributed by atoms with Gasteiger partial charge in [-0.25, -0.2) is 4.98 Å². The van der Waals surface area contributed by atoms with E-state index in [0.717, 1.165) is 41.1 Å². The molecule has 2 amide bonds. The van der Waals surface area contributed by atoms with Crippen LogP contribution in [0.2, 0.25) is 0 Å². The fourth-order valence-electron chi connectivity index (χ4n) is 3.47. The highest BCUT2D eigenvalue weighted by Crippen LogP contribution is 2.34. The lowest BCUT2D eigenvalue weighted by molar-refractivity contribution is -0.384. The van der Waals surface area contributed by atoms with Crippen molar-refractivity contribution in [1.29, 1.82) is 0 Å². The van der Waals surface area contributed by atoms with Crippen LogP contribution in [0.5, 0.6) is 0 Å². The number of benzene rings is 1. The van der Waals surface area contributed by atoms with Crippen LogP contribution in [0.1, 0.15) is 39.5 Å². The zero-order chi connectivity index (χ0) is 22.7. The first kappa shape index (κ1) is 22.0. The molecule has 1 aromatic carbocycles. The van der Waals surface area contributed by atoms with Gasteiger partial charge in [0.1, 0.15) is 10.7 Å². The van der Waals surface area contributed by atoms with Gasteiger partial charge in [-0.05, 0) is 30.9 Å². The number of carbonyl (C=O) groups excluding carboxylic acids is 2. The minimum absolute atomic E-state index is 0.0684. The molecule has 2 heterocycles. The highest BCUT2D eigenvalue weighted by atomic mass is 32.2. The molecular weight excluding hydrogens is 454 g/mol. The van der Waals surface area contributed by atoms with Gasteiger partial charge in [0.05, 0.1) is 16.1 Å². The van der Waals surface area contributed by atoms with Crippen molar-refractivity contribution in [3.05, 3.63) is 66.6 Å². The van der Waals surface area contributed by atoms with Crippen molar-refractivity contribution in [2.45, 2.75) is 31.4 Å². The molecule has 12 heteroatoms. The molecule has 166 valence electrons. The van der Waals surface area contributed by atoms with E-state index in [0.29, 0.717) is 17.3 Å². The van der Waals surface area contributed by atoms with Crippen LogP contribution < -0.4 is 16.4 Å². The van der Waals surface area contributed by atoms with Gasteiger partial charge in [0, 0.05) is 34.7 Å². The molecule has 0 radical (unpaired) electrons. The lowest BCUT2D eigenvalue weighted by atomic mass is 10.2. The summed E-state index contributed by atoms with van der Waals surface area (Å²) in [5, 5.41) is 11.5. The smallest absolute Gasteiger partial charge is 0.270 e. The van der Waals surface area contributed by atoms with Gasteiger partial charge in [0.25, 0.3) is 17.2 Å². The zero-order valence-electron chi connectivity index (χ0n) is 16.8. The molecule has 2 aromatic heterocycles. The number of nitrogens with zero attached hydrogens (tertiary/aromatic N) is 2. The van der Waals surface area contributed by atoms with E-state index in [2.05, 4.69) is 20.8 Å². The quantitative estimate of drug-likeness (QED) is 0.271. The Morgan fingerprint density at radius 3 is 2.94 bits per heavy atom. The summed E-state index contributed by atoms with van der Waals surface area (Å²) in [6, 6.07) is 5.21. The number of aryl methyl sites for hydroxylation is 2. The molecule has 3 N–H and O–H groups in total. The molecule has 0 saturated carbocycles. The Morgan fingerprint density at radius 2 is 2.12 bits per heavy atom. The van der Waals surface area contributed by atoms with Crippen molar-refractivity contribution in [3.8, 4) is 0 Å². The third-order valence-corrected chi connectivity index (χ3v) is 7.13. The number of thioether (sulfide) groups is 1. The summed E-state index contributed by atoms with van der Waals surface area (Å²) >= 11 is 3.03. The van der Waals surface area contributed by atoms with E-state index in [1.54, 1.807) is 11.3 Å². The monoisotopic (exact) mass is 473 g/mol. The Labute approximate surface area is 189 Å². The fraction of sp³-hybridized carbons (Fsp3) is 0.300. The summed E-state index contributed by atoms with van der Waals surface area (Å²) in [7, 11) is 0. The second kappa shape index (κ2) is 9.49. The average Bonchev–Trinajstić information content (AvgIpc) is 3.36. The van der Waals surface area contributed by atoms with Crippen molar-refractivity contribution < 1.29 is 14.5 Å². The number of amides is 2. The van der Waals surface area contributed by atoms with Gasteiger partial charge in [-0.15, -0.1) is 11.3 Å². The summed E-state index contributed by atoms with van der Waals surface area (Å²) in [6.07, 6.45) is 3.16. The summed E-state index contributed by atoms with van der Waals surface area (Å²) < 4.78 is 0. The molecule has 32 heavy (non-hydrogen) atoms. The number of aromatic amines is 1. The molecule has 0 unspecified atom stereocenters. The number of non-ortho nitro benzene ring substituents is 1. The molecule has 3 aromatic rings. The second-order valence-electron chi connectivity index (χ2n) is 7.16. The predicted octanol–water partition coefficient (Wildman–Crippen LogP) is 2.47. The van der Waals surface area contributed by atoms with Crippen molar-refractivity contribution in [2.75, 3.05) is 5.75 Å². The molecule has 1 aliphatic rings. The third-order valence-electron chi connectivity index (χ3n) is 4.97. The van der Waals surface area contributed by atoms with E-state index in [1.165, 1.54) is 34.8 Å². The van der Waals surface area contributed by atoms with Gasteiger partial charge >= 0.3 is 0 Å². The fourth-order valence-corrected chi connectivity index (χ4v) is 5.56. The molecule has 10 nitrogen and oxygen atoms in total. The standard InChI is InChI=1S/C20H19N5O5S2/c26-16(23-24-18(27)11-3-1-4-12(9-11)25(29)30)7-8-31-10-15-21-19(28)17-13-5-2-6-14(13)32-20(17)22-15/h1,3-4,9H,2,5-8,10H2,(H,23,26)(H,24,27)(H,21,22,28). The first-order valence-corrected chi connectivity index (χ1v) is 11.8. The lowest BCUT2D eigenvalue weighted by Crippen LogP contribution is -2.41. The van der Waals surface area contributed by atoms with E-state index in [-0.39, 0.29) is 23.2 Å². The number of H-pyrrole nitrogens is 1. The number of hydrazine groups is 1. The van der Waals surface area contributed by atoms with Gasteiger partial charge in [0.15, 0.2) is 0 Å². The average molecular weight is 474 g/mol. The Bertz CT molecular complexity index is 1270. The minimum atomic E-state index is -0.646. The zero-order valence-corrected chi connectivity index (χ0v) is 18.4. The lowest BCUT2D eigenvalue weighted by Gasteiger charge is -2.07. The van der Waals surface area contributed by atoms with E-state index in [1.807, 2.05) is 0 Å². The van der Waals surface area contributed by atoms with Crippen LogP contribution in [0.15, 0.2) is 29.1 Å². The first-order chi connectivity index (χ1) is 15.4. The van der Waals surface area contributed by atoms with E-state index in [4.69, 9.17) is 0 Å². The normalized spacial score (nSPS) is 12.5. The number of rotatable bonds is 7. The number of hydrogen-bond donors (Lipinski definition) is 3. The van der Waals surface area contributed by atoms with Gasteiger partial charge in [-0.2, -0.15) is 11.8 Å². The number of aromatic nitrogens is 2. The Hall–Kier alpha value is -3.25. The second-order valence-corrected chi connectivity index (χ2v) is 9.35. The van der Waals surface area contributed by atoms with Gasteiger partial charge in [-0.1, -0.05) is 6.07 Å². The van der Waals surface area contributed by atoms with Crippen LogP contribution in [0.25, 0.3) is 10.2 Å². The number of fused-ring (bicyclic) bond motifs is 3. The van der Waals surface area contributed by atoms with Crippen molar-refractivity contribution in [3.63, 3.8) is 0 Å². The predicted molar refractivity (Wildman–Crippen MR) is 122 cm³/mol.